The van der Waals surface area contributed by atoms with Crippen LogP contribution in [0.5, 0.6) is 0 Å². The van der Waals surface area contributed by atoms with Crippen molar-refractivity contribution >= 4 is 5.91 Å². The van der Waals surface area contributed by atoms with Crippen LogP contribution in [0.15, 0.2) is 0 Å². The van der Waals surface area contributed by atoms with Gasteiger partial charge in [0.05, 0.1) is 6.04 Å². The molecule has 0 aromatic rings. The van der Waals surface area contributed by atoms with E-state index in [-0.39, 0.29) is 17.9 Å². The van der Waals surface area contributed by atoms with Crippen molar-refractivity contribution in [3.63, 3.8) is 0 Å². The summed E-state index contributed by atoms with van der Waals surface area (Å²) in [5.74, 6) is 0.339. The third kappa shape index (κ3) is 3.69. The molecule has 18 heavy (non-hydrogen) atoms. The largest absolute Gasteiger partial charge is 0.337 e. The first-order valence-electron chi connectivity index (χ1n) is 7.11. The summed E-state index contributed by atoms with van der Waals surface area (Å²) >= 11 is 0. The summed E-state index contributed by atoms with van der Waals surface area (Å²) in [6.07, 6.45) is 2.21. The average molecular weight is 255 g/mol. The number of carbonyl (C=O) groups excluding carboxylic acids is 1. The maximum absolute atomic E-state index is 12.3. The number of likely N-dealkylation sites (N-methyl/N-ethyl adjacent to an activating group) is 1. The van der Waals surface area contributed by atoms with E-state index in [0.29, 0.717) is 12.1 Å². The van der Waals surface area contributed by atoms with Crippen LogP contribution in [-0.2, 0) is 4.79 Å². The van der Waals surface area contributed by atoms with Gasteiger partial charge >= 0.3 is 0 Å². The van der Waals surface area contributed by atoms with E-state index < -0.39 is 0 Å². The molecule has 0 unspecified atom stereocenters. The summed E-state index contributed by atoms with van der Waals surface area (Å²) in [6.45, 7) is 10.2. The highest BCUT2D eigenvalue weighted by atomic mass is 16.2. The lowest BCUT2D eigenvalue weighted by Gasteiger charge is -2.32. The predicted octanol–water partition coefficient (Wildman–Crippen LogP) is 1.30. The molecule has 1 aliphatic heterocycles. The summed E-state index contributed by atoms with van der Waals surface area (Å²) in [5.41, 5.74) is 5.99. The minimum absolute atomic E-state index is 0.129. The van der Waals surface area contributed by atoms with E-state index in [1.807, 2.05) is 18.7 Å². The van der Waals surface area contributed by atoms with E-state index in [9.17, 15) is 4.79 Å². The van der Waals surface area contributed by atoms with Crippen molar-refractivity contribution in [2.45, 2.75) is 58.7 Å². The molecule has 0 saturated carbocycles. The van der Waals surface area contributed by atoms with E-state index in [1.54, 1.807) is 0 Å². The van der Waals surface area contributed by atoms with Gasteiger partial charge in [0.1, 0.15) is 0 Å². The fourth-order valence-electron chi connectivity index (χ4n) is 2.34. The molecule has 4 heteroatoms. The normalized spacial score (nSPS) is 22.3. The predicted molar refractivity (Wildman–Crippen MR) is 75.3 cm³/mol. The fourth-order valence-corrected chi connectivity index (χ4v) is 2.34. The molecule has 1 saturated heterocycles. The summed E-state index contributed by atoms with van der Waals surface area (Å²) in [4.78, 5) is 16.6. The Labute approximate surface area is 111 Å². The van der Waals surface area contributed by atoms with E-state index in [2.05, 4.69) is 25.8 Å². The topological polar surface area (TPSA) is 49.6 Å². The first-order valence-corrected chi connectivity index (χ1v) is 7.11. The Morgan fingerprint density at radius 2 is 2.00 bits per heavy atom. The zero-order valence-electron chi connectivity index (χ0n) is 12.5. The smallest absolute Gasteiger partial charge is 0.240 e. The lowest BCUT2D eigenvalue weighted by atomic mass is 10.0. The fraction of sp³-hybridized carbons (Fsp3) is 0.929. The van der Waals surface area contributed by atoms with Gasteiger partial charge in [0.15, 0.2) is 0 Å². The van der Waals surface area contributed by atoms with Gasteiger partial charge in [0, 0.05) is 25.2 Å². The second-order valence-electron chi connectivity index (χ2n) is 6.13. The van der Waals surface area contributed by atoms with E-state index in [4.69, 9.17) is 5.73 Å². The molecule has 106 valence electrons. The summed E-state index contributed by atoms with van der Waals surface area (Å²) < 4.78 is 0. The highest BCUT2D eigenvalue weighted by Gasteiger charge is 2.33. The molecule has 1 rings (SSSR count). The van der Waals surface area contributed by atoms with Crippen LogP contribution in [0.2, 0.25) is 0 Å². The number of rotatable bonds is 5. The summed E-state index contributed by atoms with van der Waals surface area (Å²) in [6, 6.07) is 0.506. The molecule has 2 N–H and O–H groups in total. The molecule has 1 aliphatic rings. The van der Waals surface area contributed by atoms with Crippen LogP contribution >= 0.6 is 0 Å². The van der Waals surface area contributed by atoms with Crippen LogP contribution in [0.1, 0.15) is 40.5 Å². The van der Waals surface area contributed by atoms with Crippen LogP contribution < -0.4 is 5.73 Å². The molecule has 1 fully saturated rings. The highest BCUT2D eigenvalue weighted by Crippen LogP contribution is 2.20. The van der Waals surface area contributed by atoms with Gasteiger partial charge < -0.3 is 15.5 Å². The number of carbonyl (C=O) groups is 1. The highest BCUT2D eigenvalue weighted by molar-refractivity contribution is 5.82. The lowest BCUT2D eigenvalue weighted by Crippen LogP contribution is -2.51. The molecule has 0 aromatic carbocycles. The number of amides is 1. The Morgan fingerprint density at radius 1 is 1.39 bits per heavy atom. The molecule has 0 aliphatic carbocycles. The van der Waals surface area contributed by atoms with E-state index in [1.165, 1.54) is 0 Å². The SMILES string of the molecule is CC(C)[C@H](N)C(=O)N1CCC[C@H]1CN(C)C(C)C. The van der Waals surface area contributed by atoms with Crippen LogP contribution in [0.25, 0.3) is 0 Å². The Bertz CT molecular complexity index is 278. The minimum atomic E-state index is -0.352. The van der Waals surface area contributed by atoms with Crippen molar-refractivity contribution in [3.05, 3.63) is 0 Å². The summed E-state index contributed by atoms with van der Waals surface area (Å²) in [5, 5.41) is 0. The van der Waals surface area contributed by atoms with Crippen LogP contribution in [0, 0.1) is 5.92 Å². The van der Waals surface area contributed by atoms with Gasteiger partial charge in [-0.3, -0.25) is 4.79 Å². The molecule has 1 heterocycles. The van der Waals surface area contributed by atoms with Crippen LogP contribution in [0.3, 0.4) is 0 Å². The van der Waals surface area contributed by atoms with E-state index in [0.717, 1.165) is 25.9 Å². The van der Waals surface area contributed by atoms with Crippen molar-refractivity contribution in [2.24, 2.45) is 11.7 Å². The Balaban J connectivity index is 2.62. The molecular weight excluding hydrogens is 226 g/mol. The number of likely N-dealkylation sites (tertiary alicyclic amines) is 1. The zero-order chi connectivity index (χ0) is 13.9. The van der Waals surface area contributed by atoms with Crippen molar-refractivity contribution in [3.8, 4) is 0 Å². The van der Waals surface area contributed by atoms with E-state index >= 15 is 0 Å². The van der Waals surface area contributed by atoms with Crippen LogP contribution in [0.4, 0.5) is 0 Å². The number of hydrogen-bond acceptors (Lipinski definition) is 3. The number of hydrogen-bond donors (Lipinski definition) is 1. The van der Waals surface area contributed by atoms with Gasteiger partial charge in [0.25, 0.3) is 0 Å². The average Bonchev–Trinajstić information content (AvgIpc) is 2.74. The third-order valence-corrected chi connectivity index (χ3v) is 4.04. The second kappa shape index (κ2) is 6.53. The molecule has 2 atom stereocenters. The van der Waals surface area contributed by atoms with Gasteiger partial charge in [0.2, 0.25) is 5.91 Å². The molecule has 0 radical (unpaired) electrons. The first kappa shape index (κ1) is 15.4. The number of nitrogens with zero attached hydrogens (tertiary/aromatic N) is 2. The monoisotopic (exact) mass is 255 g/mol. The first-order chi connectivity index (χ1) is 8.34. The quantitative estimate of drug-likeness (QED) is 0.805. The summed E-state index contributed by atoms with van der Waals surface area (Å²) in [7, 11) is 2.12. The Morgan fingerprint density at radius 3 is 2.50 bits per heavy atom. The van der Waals surface area contributed by atoms with Gasteiger partial charge in [-0.15, -0.1) is 0 Å². The molecule has 1 amide bonds. The maximum atomic E-state index is 12.3. The molecule has 0 aromatic heterocycles. The zero-order valence-corrected chi connectivity index (χ0v) is 12.5. The van der Waals surface area contributed by atoms with Gasteiger partial charge in [-0.1, -0.05) is 13.8 Å². The van der Waals surface area contributed by atoms with Gasteiger partial charge in [-0.2, -0.15) is 0 Å². The maximum Gasteiger partial charge on any atom is 0.240 e. The van der Waals surface area contributed by atoms with Crippen molar-refractivity contribution < 1.29 is 4.79 Å². The minimum Gasteiger partial charge on any atom is -0.337 e. The molecular formula is C14H29N3O. The lowest BCUT2D eigenvalue weighted by molar-refractivity contribution is -0.134. The van der Waals surface area contributed by atoms with Crippen molar-refractivity contribution in [1.82, 2.24) is 9.80 Å². The van der Waals surface area contributed by atoms with Crippen LogP contribution in [-0.4, -0.2) is 54.0 Å². The van der Waals surface area contributed by atoms with Crippen molar-refractivity contribution in [2.75, 3.05) is 20.1 Å². The Hall–Kier alpha value is -0.610. The molecule has 4 nitrogen and oxygen atoms in total. The standard InChI is InChI=1S/C14H29N3O/c1-10(2)13(15)14(18)17-8-6-7-12(17)9-16(5)11(3)4/h10-13H,6-9,15H2,1-5H3/t12-,13-/m0/s1. The third-order valence-electron chi connectivity index (χ3n) is 4.04. The second-order valence-corrected chi connectivity index (χ2v) is 6.13. The van der Waals surface area contributed by atoms with Crippen molar-refractivity contribution in [1.29, 1.82) is 0 Å². The Kier molecular flexibility index (Phi) is 5.60. The molecule has 0 bridgehead atoms. The van der Waals surface area contributed by atoms with Gasteiger partial charge in [-0.05, 0) is 39.7 Å². The number of nitrogens with two attached hydrogens (primary N) is 1. The molecule has 0 spiro atoms. The van der Waals surface area contributed by atoms with Gasteiger partial charge in [-0.25, -0.2) is 0 Å².